The van der Waals surface area contributed by atoms with Crippen molar-refractivity contribution in [3.63, 3.8) is 0 Å². The van der Waals surface area contributed by atoms with Gasteiger partial charge in [-0.15, -0.1) is 0 Å². The predicted molar refractivity (Wildman–Crippen MR) is 78.4 cm³/mol. The normalized spacial score (nSPS) is 17.7. The lowest BCUT2D eigenvalue weighted by atomic mass is 10.2. The van der Waals surface area contributed by atoms with E-state index in [-0.39, 0.29) is 11.2 Å². The van der Waals surface area contributed by atoms with E-state index in [1.807, 2.05) is 11.8 Å². The van der Waals surface area contributed by atoms with Crippen LogP contribution in [0.15, 0.2) is 24.3 Å². The summed E-state index contributed by atoms with van der Waals surface area (Å²) in [6.45, 7) is 7.31. The summed E-state index contributed by atoms with van der Waals surface area (Å²) >= 11 is 4.20. The summed E-state index contributed by atoms with van der Waals surface area (Å²) in [6.07, 6.45) is 0. The molecule has 18 heavy (non-hydrogen) atoms. The van der Waals surface area contributed by atoms with Gasteiger partial charge < -0.3 is 9.80 Å². The van der Waals surface area contributed by atoms with Crippen LogP contribution in [0.1, 0.15) is 12.5 Å². The van der Waals surface area contributed by atoms with Gasteiger partial charge in [-0.25, -0.2) is 0 Å². The van der Waals surface area contributed by atoms with Gasteiger partial charge in [-0.2, -0.15) is 12.6 Å². The molecule has 1 fully saturated rings. The van der Waals surface area contributed by atoms with Crippen molar-refractivity contribution in [2.24, 2.45) is 0 Å². The molecule has 0 spiro atoms. The second-order valence-corrected chi connectivity index (χ2v) is 5.60. The van der Waals surface area contributed by atoms with Gasteiger partial charge in [0, 0.05) is 31.9 Å². The Morgan fingerprint density at radius 3 is 2.50 bits per heavy atom. The zero-order chi connectivity index (χ0) is 13.1. The highest BCUT2D eigenvalue weighted by molar-refractivity contribution is 7.81. The van der Waals surface area contributed by atoms with Gasteiger partial charge in [-0.05, 0) is 31.5 Å². The number of anilines is 1. The minimum atomic E-state index is -0.199. The Labute approximate surface area is 114 Å². The Balaban J connectivity index is 1.96. The molecule has 0 N–H and O–H groups in total. The van der Waals surface area contributed by atoms with Gasteiger partial charge in [-0.3, -0.25) is 4.79 Å². The second kappa shape index (κ2) is 5.65. The molecule has 0 radical (unpaired) electrons. The van der Waals surface area contributed by atoms with Gasteiger partial charge >= 0.3 is 0 Å². The molecule has 3 nitrogen and oxygen atoms in total. The number of hydrogen-bond donors (Lipinski definition) is 1. The molecule has 1 aliphatic rings. The van der Waals surface area contributed by atoms with E-state index < -0.39 is 0 Å². The molecule has 2 rings (SSSR count). The fourth-order valence-corrected chi connectivity index (χ4v) is 2.44. The van der Waals surface area contributed by atoms with Crippen LogP contribution in [0.25, 0.3) is 0 Å². The first-order valence-electron chi connectivity index (χ1n) is 6.36. The maximum atomic E-state index is 11.8. The minimum Gasteiger partial charge on any atom is -0.368 e. The zero-order valence-electron chi connectivity index (χ0n) is 11.0. The van der Waals surface area contributed by atoms with Gasteiger partial charge in [0.1, 0.15) is 0 Å². The molecule has 1 saturated heterocycles. The van der Waals surface area contributed by atoms with Crippen molar-refractivity contribution in [1.29, 1.82) is 0 Å². The van der Waals surface area contributed by atoms with E-state index in [2.05, 4.69) is 48.7 Å². The van der Waals surface area contributed by atoms with E-state index in [4.69, 9.17) is 0 Å². The molecule has 1 aliphatic heterocycles. The van der Waals surface area contributed by atoms with Crippen LogP contribution >= 0.6 is 12.6 Å². The van der Waals surface area contributed by atoms with E-state index in [1.54, 1.807) is 0 Å². The van der Waals surface area contributed by atoms with Gasteiger partial charge in [0.2, 0.25) is 5.91 Å². The minimum absolute atomic E-state index is 0.141. The highest BCUT2D eigenvalue weighted by Gasteiger charge is 2.23. The molecule has 0 saturated carbocycles. The third kappa shape index (κ3) is 2.99. The summed E-state index contributed by atoms with van der Waals surface area (Å²) in [5.74, 6) is 0.141. The van der Waals surface area contributed by atoms with Crippen LogP contribution < -0.4 is 4.90 Å². The highest BCUT2D eigenvalue weighted by Crippen LogP contribution is 2.18. The Kier molecular flexibility index (Phi) is 4.17. The molecule has 0 aliphatic carbocycles. The second-order valence-electron chi connectivity index (χ2n) is 4.83. The first-order chi connectivity index (χ1) is 8.58. The van der Waals surface area contributed by atoms with E-state index in [0.717, 1.165) is 26.2 Å². The first kappa shape index (κ1) is 13.3. The number of carbonyl (C=O) groups excluding carboxylic acids is 1. The average Bonchev–Trinajstić information content (AvgIpc) is 2.38. The van der Waals surface area contributed by atoms with Crippen LogP contribution in [0.3, 0.4) is 0 Å². The predicted octanol–water partition coefficient (Wildman–Crippen LogP) is 1.96. The molecule has 0 bridgehead atoms. The molecule has 1 atom stereocenters. The topological polar surface area (TPSA) is 23.6 Å². The lowest BCUT2D eigenvalue weighted by Crippen LogP contribution is -2.50. The Morgan fingerprint density at radius 2 is 1.94 bits per heavy atom. The standard InChI is InChI=1S/C14H20N2OS/c1-11-4-3-5-13(10-11)15-6-8-16(9-7-15)14(17)12(2)18/h3-5,10,12,18H,6-9H2,1-2H3. The summed E-state index contributed by atoms with van der Waals surface area (Å²) in [6, 6.07) is 8.51. The Hall–Kier alpha value is -1.16. The zero-order valence-corrected chi connectivity index (χ0v) is 11.9. The van der Waals surface area contributed by atoms with Crippen molar-refractivity contribution in [2.45, 2.75) is 19.1 Å². The molecule has 4 heteroatoms. The van der Waals surface area contributed by atoms with Gasteiger partial charge in [0.15, 0.2) is 0 Å². The van der Waals surface area contributed by atoms with Crippen molar-refractivity contribution < 1.29 is 4.79 Å². The van der Waals surface area contributed by atoms with Crippen LogP contribution in [0.4, 0.5) is 5.69 Å². The molecule has 98 valence electrons. The number of nitrogens with zero attached hydrogens (tertiary/aromatic N) is 2. The lowest BCUT2D eigenvalue weighted by molar-refractivity contribution is -0.130. The average molecular weight is 264 g/mol. The molecular formula is C14H20N2OS. The van der Waals surface area contributed by atoms with E-state index in [0.29, 0.717) is 0 Å². The molecule has 1 unspecified atom stereocenters. The number of benzene rings is 1. The van der Waals surface area contributed by atoms with Crippen molar-refractivity contribution >= 4 is 24.2 Å². The Morgan fingerprint density at radius 1 is 1.28 bits per heavy atom. The quantitative estimate of drug-likeness (QED) is 0.826. The van der Waals surface area contributed by atoms with E-state index in [1.165, 1.54) is 11.3 Å². The maximum absolute atomic E-state index is 11.8. The number of aryl methyl sites for hydroxylation is 1. The maximum Gasteiger partial charge on any atom is 0.235 e. The summed E-state index contributed by atoms with van der Waals surface area (Å²) in [5, 5.41) is -0.199. The molecule has 0 aromatic heterocycles. The fraction of sp³-hybridized carbons (Fsp3) is 0.500. The number of hydrogen-bond acceptors (Lipinski definition) is 3. The first-order valence-corrected chi connectivity index (χ1v) is 6.88. The number of carbonyl (C=O) groups is 1. The van der Waals surface area contributed by atoms with Gasteiger partial charge in [0.25, 0.3) is 0 Å². The summed E-state index contributed by atoms with van der Waals surface area (Å²) in [7, 11) is 0. The van der Waals surface area contributed by atoms with Crippen LogP contribution in [0.2, 0.25) is 0 Å². The summed E-state index contributed by atoms with van der Waals surface area (Å²) < 4.78 is 0. The van der Waals surface area contributed by atoms with Crippen molar-refractivity contribution in [2.75, 3.05) is 31.1 Å². The fourth-order valence-electron chi connectivity index (χ4n) is 2.27. The highest BCUT2D eigenvalue weighted by atomic mass is 32.1. The Bertz CT molecular complexity index is 426. The molecular weight excluding hydrogens is 244 g/mol. The molecule has 1 aromatic rings. The summed E-state index contributed by atoms with van der Waals surface area (Å²) in [4.78, 5) is 16.1. The van der Waals surface area contributed by atoms with Crippen molar-refractivity contribution in [3.05, 3.63) is 29.8 Å². The van der Waals surface area contributed by atoms with Crippen molar-refractivity contribution in [1.82, 2.24) is 4.90 Å². The molecule has 1 heterocycles. The van der Waals surface area contributed by atoms with Gasteiger partial charge in [0.05, 0.1) is 5.25 Å². The third-order valence-corrected chi connectivity index (χ3v) is 3.54. The lowest BCUT2D eigenvalue weighted by Gasteiger charge is -2.36. The van der Waals surface area contributed by atoms with Crippen LogP contribution in [0.5, 0.6) is 0 Å². The largest absolute Gasteiger partial charge is 0.368 e. The van der Waals surface area contributed by atoms with Crippen molar-refractivity contribution in [3.8, 4) is 0 Å². The number of thiol groups is 1. The van der Waals surface area contributed by atoms with Crippen LogP contribution in [-0.2, 0) is 4.79 Å². The number of piperazine rings is 1. The van der Waals surface area contributed by atoms with Crippen LogP contribution in [0, 0.1) is 6.92 Å². The van der Waals surface area contributed by atoms with Crippen LogP contribution in [-0.4, -0.2) is 42.2 Å². The van der Waals surface area contributed by atoms with Gasteiger partial charge in [-0.1, -0.05) is 12.1 Å². The molecule has 1 amide bonds. The third-order valence-electron chi connectivity index (χ3n) is 3.32. The van der Waals surface area contributed by atoms with E-state index in [9.17, 15) is 4.79 Å². The monoisotopic (exact) mass is 264 g/mol. The smallest absolute Gasteiger partial charge is 0.235 e. The summed E-state index contributed by atoms with van der Waals surface area (Å²) in [5.41, 5.74) is 2.52. The van der Waals surface area contributed by atoms with E-state index >= 15 is 0 Å². The number of amides is 1. The SMILES string of the molecule is Cc1cccc(N2CCN(C(=O)C(C)S)CC2)c1. The number of rotatable bonds is 2. The molecule has 1 aromatic carbocycles.